The van der Waals surface area contributed by atoms with Gasteiger partial charge in [-0.15, -0.1) is 0 Å². The number of nitrogens with zero attached hydrogens (tertiary/aromatic N) is 1. The molecule has 0 bridgehead atoms. The Morgan fingerprint density at radius 3 is 2.44 bits per heavy atom. The van der Waals surface area contributed by atoms with Crippen LogP contribution < -0.4 is 4.74 Å². The van der Waals surface area contributed by atoms with Gasteiger partial charge in [-0.3, -0.25) is 9.78 Å². The third kappa shape index (κ3) is 2.25. The highest BCUT2D eigenvalue weighted by Gasteiger charge is 2.14. The molecular formula is C15H15NO2. The number of rotatable bonds is 3. The molecule has 0 aliphatic carbocycles. The first-order valence-corrected chi connectivity index (χ1v) is 5.73. The molecule has 0 saturated heterocycles. The van der Waals surface area contributed by atoms with Crippen molar-refractivity contribution in [1.29, 1.82) is 0 Å². The Morgan fingerprint density at radius 1 is 1.11 bits per heavy atom. The normalized spacial score (nSPS) is 10.2. The molecule has 0 radical (unpaired) electrons. The number of methoxy groups -OCH3 is 1. The number of aromatic nitrogens is 1. The number of aryl methyl sites for hydroxylation is 2. The fourth-order valence-electron chi connectivity index (χ4n) is 1.89. The van der Waals surface area contributed by atoms with Crippen LogP contribution in [0.2, 0.25) is 0 Å². The molecule has 2 rings (SSSR count). The maximum absolute atomic E-state index is 12.4. The molecule has 2 aromatic rings. The first-order chi connectivity index (χ1) is 8.63. The summed E-state index contributed by atoms with van der Waals surface area (Å²) in [5, 5.41) is 0. The number of benzene rings is 1. The summed E-state index contributed by atoms with van der Waals surface area (Å²) >= 11 is 0. The minimum Gasteiger partial charge on any atom is -0.497 e. The lowest BCUT2D eigenvalue weighted by molar-refractivity contribution is 0.103. The van der Waals surface area contributed by atoms with Crippen molar-refractivity contribution in [1.82, 2.24) is 4.98 Å². The van der Waals surface area contributed by atoms with Gasteiger partial charge in [0.25, 0.3) is 0 Å². The smallest absolute Gasteiger partial charge is 0.193 e. The van der Waals surface area contributed by atoms with Crippen LogP contribution in [0.15, 0.2) is 36.7 Å². The van der Waals surface area contributed by atoms with E-state index >= 15 is 0 Å². The van der Waals surface area contributed by atoms with E-state index in [4.69, 9.17) is 4.74 Å². The zero-order valence-electron chi connectivity index (χ0n) is 10.7. The summed E-state index contributed by atoms with van der Waals surface area (Å²) < 4.78 is 5.14. The molecule has 1 heterocycles. The van der Waals surface area contributed by atoms with Gasteiger partial charge in [0.05, 0.1) is 7.11 Å². The summed E-state index contributed by atoms with van der Waals surface area (Å²) in [4.78, 5) is 16.4. The molecule has 1 aromatic heterocycles. The number of carbonyl (C=O) groups is 1. The number of ether oxygens (including phenoxy) is 1. The van der Waals surface area contributed by atoms with Gasteiger partial charge in [0.1, 0.15) is 5.75 Å². The maximum Gasteiger partial charge on any atom is 0.193 e. The fourth-order valence-corrected chi connectivity index (χ4v) is 1.89. The Labute approximate surface area is 106 Å². The SMILES string of the molecule is COc1ccc(C(=O)c2ccncc2C)c(C)c1. The number of hydrogen-bond donors (Lipinski definition) is 0. The summed E-state index contributed by atoms with van der Waals surface area (Å²) in [5.41, 5.74) is 3.19. The van der Waals surface area contributed by atoms with Crippen LogP contribution in [-0.2, 0) is 0 Å². The van der Waals surface area contributed by atoms with Gasteiger partial charge in [0.2, 0.25) is 0 Å². The molecule has 3 heteroatoms. The predicted octanol–water partition coefficient (Wildman–Crippen LogP) is 2.94. The molecule has 0 aliphatic rings. The minimum atomic E-state index is 0.0232. The van der Waals surface area contributed by atoms with Crippen molar-refractivity contribution < 1.29 is 9.53 Å². The van der Waals surface area contributed by atoms with Gasteiger partial charge in [-0.2, -0.15) is 0 Å². The van der Waals surface area contributed by atoms with E-state index in [9.17, 15) is 4.79 Å². The van der Waals surface area contributed by atoms with Crippen LogP contribution in [0.25, 0.3) is 0 Å². The lowest BCUT2D eigenvalue weighted by Crippen LogP contribution is -2.06. The summed E-state index contributed by atoms with van der Waals surface area (Å²) in [7, 11) is 1.61. The van der Waals surface area contributed by atoms with Crippen LogP contribution in [0.4, 0.5) is 0 Å². The van der Waals surface area contributed by atoms with E-state index in [1.54, 1.807) is 37.7 Å². The first kappa shape index (κ1) is 12.3. The van der Waals surface area contributed by atoms with E-state index in [0.717, 1.165) is 16.9 Å². The van der Waals surface area contributed by atoms with Gasteiger partial charge in [0.15, 0.2) is 5.78 Å². The Morgan fingerprint density at radius 2 is 1.83 bits per heavy atom. The summed E-state index contributed by atoms with van der Waals surface area (Å²) in [6.45, 7) is 3.80. The van der Waals surface area contributed by atoms with Crippen LogP contribution in [-0.4, -0.2) is 17.9 Å². The zero-order chi connectivity index (χ0) is 13.1. The largest absolute Gasteiger partial charge is 0.497 e. The van der Waals surface area contributed by atoms with E-state index in [0.29, 0.717) is 11.1 Å². The number of hydrogen-bond acceptors (Lipinski definition) is 3. The number of carbonyl (C=O) groups excluding carboxylic acids is 1. The van der Waals surface area contributed by atoms with E-state index in [2.05, 4.69) is 4.98 Å². The molecule has 0 atom stereocenters. The maximum atomic E-state index is 12.4. The summed E-state index contributed by atoms with van der Waals surface area (Å²) in [5.74, 6) is 0.783. The first-order valence-electron chi connectivity index (χ1n) is 5.73. The van der Waals surface area contributed by atoms with E-state index in [1.807, 2.05) is 19.9 Å². The molecule has 0 spiro atoms. The predicted molar refractivity (Wildman–Crippen MR) is 70.1 cm³/mol. The molecule has 0 unspecified atom stereocenters. The van der Waals surface area contributed by atoms with Crippen molar-refractivity contribution in [3.05, 3.63) is 58.9 Å². The average Bonchev–Trinajstić information content (AvgIpc) is 2.38. The molecule has 0 aliphatic heterocycles. The third-order valence-corrected chi connectivity index (χ3v) is 2.94. The Balaban J connectivity index is 2.44. The highest BCUT2D eigenvalue weighted by atomic mass is 16.5. The fraction of sp³-hybridized carbons (Fsp3) is 0.200. The van der Waals surface area contributed by atoms with Gasteiger partial charge in [-0.1, -0.05) is 0 Å². The van der Waals surface area contributed by atoms with Crippen LogP contribution in [0.3, 0.4) is 0 Å². The third-order valence-electron chi connectivity index (χ3n) is 2.94. The van der Waals surface area contributed by atoms with E-state index < -0.39 is 0 Å². The van der Waals surface area contributed by atoms with Crippen molar-refractivity contribution in [3.63, 3.8) is 0 Å². The highest BCUT2D eigenvalue weighted by molar-refractivity contribution is 6.10. The monoisotopic (exact) mass is 241 g/mol. The molecule has 18 heavy (non-hydrogen) atoms. The molecule has 92 valence electrons. The number of pyridine rings is 1. The second kappa shape index (κ2) is 5.00. The van der Waals surface area contributed by atoms with Crippen molar-refractivity contribution in [2.75, 3.05) is 7.11 Å². The lowest BCUT2D eigenvalue weighted by atomic mass is 9.97. The Bertz CT molecular complexity index is 591. The van der Waals surface area contributed by atoms with Gasteiger partial charge in [-0.05, 0) is 49.2 Å². The molecule has 1 aromatic carbocycles. The van der Waals surface area contributed by atoms with E-state index in [-0.39, 0.29) is 5.78 Å². The van der Waals surface area contributed by atoms with Crippen LogP contribution in [0.5, 0.6) is 5.75 Å². The summed E-state index contributed by atoms with van der Waals surface area (Å²) in [6.07, 6.45) is 3.34. The Kier molecular flexibility index (Phi) is 3.42. The molecule has 0 fully saturated rings. The molecule has 0 N–H and O–H groups in total. The highest BCUT2D eigenvalue weighted by Crippen LogP contribution is 2.20. The van der Waals surface area contributed by atoms with Crippen LogP contribution >= 0.6 is 0 Å². The van der Waals surface area contributed by atoms with Gasteiger partial charge in [-0.25, -0.2) is 0 Å². The van der Waals surface area contributed by atoms with Crippen molar-refractivity contribution in [2.45, 2.75) is 13.8 Å². The van der Waals surface area contributed by atoms with Crippen molar-refractivity contribution in [2.24, 2.45) is 0 Å². The van der Waals surface area contributed by atoms with E-state index in [1.165, 1.54) is 0 Å². The Hall–Kier alpha value is -2.16. The van der Waals surface area contributed by atoms with Crippen molar-refractivity contribution >= 4 is 5.78 Å². The van der Waals surface area contributed by atoms with Gasteiger partial charge < -0.3 is 4.74 Å². The molecule has 0 amide bonds. The lowest BCUT2D eigenvalue weighted by Gasteiger charge is -2.08. The summed E-state index contributed by atoms with van der Waals surface area (Å²) in [6, 6.07) is 7.22. The minimum absolute atomic E-state index is 0.0232. The quantitative estimate of drug-likeness (QED) is 0.775. The van der Waals surface area contributed by atoms with Crippen LogP contribution in [0, 0.1) is 13.8 Å². The standard InChI is InChI=1S/C15H15NO2/c1-10-8-12(18-3)4-5-13(10)15(17)14-6-7-16-9-11(14)2/h4-9H,1-3H3. The van der Waals surface area contributed by atoms with Gasteiger partial charge >= 0.3 is 0 Å². The van der Waals surface area contributed by atoms with Crippen molar-refractivity contribution in [3.8, 4) is 5.75 Å². The topological polar surface area (TPSA) is 39.2 Å². The molecular weight excluding hydrogens is 226 g/mol. The second-order valence-electron chi connectivity index (χ2n) is 4.20. The second-order valence-corrected chi connectivity index (χ2v) is 4.20. The molecule has 0 saturated carbocycles. The molecule has 3 nitrogen and oxygen atoms in total. The average molecular weight is 241 g/mol. The zero-order valence-corrected chi connectivity index (χ0v) is 10.7. The number of ketones is 1. The van der Waals surface area contributed by atoms with Gasteiger partial charge in [0, 0.05) is 23.5 Å². The van der Waals surface area contributed by atoms with Crippen LogP contribution in [0.1, 0.15) is 27.0 Å².